The molecule has 0 saturated heterocycles. The predicted octanol–water partition coefficient (Wildman–Crippen LogP) is 1.62. The van der Waals surface area contributed by atoms with Gasteiger partial charge in [0.05, 0.1) is 6.21 Å². The zero-order chi connectivity index (χ0) is 16.7. The molecule has 0 bridgehead atoms. The van der Waals surface area contributed by atoms with Crippen molar-refractivity contribution in [3.63, 3.8) is 0 Å². The van der Waals surface area contributed by atoms with Crippen LogP contribution < -0.4 is 15.9 Å². The van der Waals surface area contributed by atoms with E-state index < -0.39 is 5.91 Å². The van der Waals surface area contributed by atoms with Gasteiger partial charge < -0.3 is 10.5 Å². The number of primary amides is 1. The van der Waals surface area contributed by atoms with E-state index in [2.05, 4.69) is 10.5 Å². The van der Waals surface area contributed by atoms with Gasteiger partial charge in [0.2, 0.25) is 0 Å². The Morgan fingerprint density at radius 3 is 2.65 bits per heavy atom. The van der Waals surface area contributed by atoms with Crippen molar-refractivity contribution in [2.75, 3.05) is 6.61 Å². The van der Waals surface area contributed by atoms with Crippen molar-refractivity contribution >= 4 is 18.0 Å². The van der Waals surface area contributed by atoms with E-state index in [9.17, 15) is 9.59 Å². The van der Waals surface area contributed by atoms with Gasteiger partial charge in [-0.2, -0.15) is 5.10 Å². The number of rotatable bonds is 6. The minimum absolute atomic E-state index is 0.190. The van der Waals surface area contributed by atoms with Crippen LogP contribution in [0.25, 0.3) is 0 Å². The number of ether oxygens (including phenoxy) is 1. The number of nitrogens with two attached hydrogens (primary N) is 1. The summed E-state index contributed by atoms with van der Waals surface area (Å²) in [7, 11) is 0. The Bertz CT molecular complexity index is 724. The highest BCUT2D eigenvalue weighted by Crippen LogP contribution is 2.11. The highest BCUT2D eigenvalue weighted by molar-refractivity contribution is 5.94. The van der Waals surface area contributed by atoms with E-state index in [1.807, 2.05) is 19.1 Å². The standard InChI is InChI=1S/C17H17N3O3/c1-12-5-7-14(8-6-12)17(22)20-19-10-13-3-2-4-15(9-13)23-11-16(18)21/h2-10H,11H2,1H3,(H2,18,21)(H,20,22)/b19-10+. The third-order valence-corrected chi connectivity index (χ3v) is 2.93. The van der Waals surface area contributed by atoms with Gasteiger partial charge in [-0.05, 0) is 36.8 Å². The fourth-order valence-corrected chi connectivity index (χ4v) is 1.77. The zero-order valence-corrected chi connectivity index (χ0v) is 12.7. The molecule has 0 spiro atoms. The summed E-state index contributed by atoms with van der Waals surface area (Å²) >= 11 is 0. The quantitative estimate of drug-likeness (QED) is 0.627. The molecule has 2 amide bonds. The molecular weight excluding hydrogens is 294 g/mol. The topological polar surface area (TPSA) is 93.8 Å². The smallest absolute Gasteiger partial charge is 0.271 e. The Hall–Kier alpha value is -3.15. The number of carbonyl (C=O) groups excluding carboxylic acids is 2. The van der Waals surface area contributed by atoms with E-state index in [-0.39, 0.29) is 12.5 Å². The van der Waals surface area contributed by atoms with Crippen molar-refractivity contribution in [1.29, 1.82) is 0 Å². The van der Waals surface area contributed by atoms with Gasteiger partial charge in [0.1, 0.15) is 5.75 Å². The van der Waals surface area contributed by atoms with E-state index in [0.717, 1.165) is 11.1 Å². The van der Waals surface area contributed by atoms with Crippen LogP contribution in [-0.4, -0.2) is 24.6 Å². The van der Waals surface area contributed by atoms with Gasteiger partial charge in [0, 0.05) is 5.56 Å². The average molecular weight is 311 g/mol. The summed E-state index contributed by atoms with van der Waals surface area (Å²) in [5.41, 5.74) is 9.80. The number of aryl methyl sites for hydroxylation is 1. The van der Waals surface area contributed by atoms with Crippen LogP contribution in [-0.2, 0) is 4.79 Å². The van der Waals surface area contributed by atoms with Gasteiger partial charge in [0.25, 0.3) is 11.8 Å². The first kappa shape index (κ1) is 16.2. The molecule has 0 heterocycles. The Labute approximate surface area is 134 Å². The molecule has 0 unspecified atom stereocenters. The minimum Gasteiger partial charge on any atom is -0.484 e. The SMILES string of the molecule is Cc1ccc(C(=O)N/N=C/c2cccc(OCC(N)=O)c2)cc1. The molecule has 3 N–H and O–H groups in total. The van der Waals surface area contributed by atoms with Crippen LogP contribution in [0.4, 0.5) is 0 Å². The highest BCUT2D eigenvalue weighted by Gasteiger charge is 2.03. The molecule has 0 aliphatic carbocycles. The number of amides is 2. The third kappa shape index (κ3) is 5.28. The first-order valence-corrected chi connectivity index (χ1v) is 6.96. The van der Waals surface area contributed by atoms with E-state index in [1.54, 1.807) is 36.4 Å². The lowest BCUT2D eigenvalue weighted by Gasteiger charge is -2.04. The molecule has 0 saturated carbocycles. The van der Waals surface area contributed by atoms with Crippen molar-refractivity contribution in [3.05, 3.63) is 65.2 Å². The van der Waals surface area contributed by atoms with Crippen molar-refractivity contribution < 1.29 is 14.3 Å². The number of hydrogen-bond donors (Lipinski definition) is 2. The molecule has 0 fully saturated rings. The van der Waals surface area contributed by atoms with E-state index in [0.29, 0.717) is 11.3 Å². The lowest BCUT2D eigenvalue weighted by atomic mass is 10.1. The number of benzene rings is 2. The molecule has 6 nitrogen and oxygen atoms in total. The van der Waals surface area contributed by atoms with Gasteiger partial charge in [-0.1, -0.05) is 29.8 Å². The molecule has 0 radical (unpaired) electrons. The number of hydrazone groups is 1. The maximum absolute atomic E-state index is 11.9. The molecule has 0 atom stereocenters. The molecule has 23 heavy (non-hydrogen) atoms. The van der Waals surface area contributed by atoms with Crippen LogP contribution in [0.3, 0.4) is 0 Å². The Kier molecular flexibility index (Phi) is 5.46. The number of carbonyl (C=O) groups is 2. The molecule has 118 valence electrons. The maximum Gasteiger partial charge on any atom is 0.271 e. The van der Waals surface area contributed by atoms with Gasteiger partial charge in [-0.3, -0.25) is 9.59 Å². The maximum atomic E-state index is 11.9. The molecule has 0 aliphatic heterocycles. The van der Waals surface area contributed by atoms with Crippen LogP contribution in [0.5, 0.6) is 5.75 Å². The summed E-state index contributed by atoms with van der Waals surface area (Å²) in [5, 5.41) is 3.90. The molecule has 0 aliphatic rings. The van der Waals surface area contributed by atoms with Crippen molar-refractivity contribution in [2.24, 2.45) is 10.8 Å². The fourth-order valence-electron chi connectivity index (χ4n) is 1.77. The highest BCUT2D eigenvalue weighted by atomic mass is 16.5. The van der Waals surface area contributed by atoms with Crippen LogP contribution in [0.1, 0.15) is 21.5 Å². The fraction of sp³-hybridized carbons (Fsp3) is 0.118. The Morgan fingerprint density at radius 2 is 1.96 bits per heavy atom. The molecule has 2 rings (SSSR count). The van der Waals surface area contributed by atoms with Crippen LogP contribution in [0.2, 0.25) is 0 Å². The Morgan fingerprint density at radius 1 is 1.22 bits per heavy atom. The third-order valence-electron chi connectivity index (χ3n) is 2.93. The predicted molar refractivity (Wildman–Crippen MR) is 87.4 cm³/mol. The summed E-state index contributed by atoms with van der Waals surface area (Å²) < 4.78 is 5.19. The van der Waals surface area contributed by atoms with Crippen LogP contribution >= 0.6 is 0 Å². The molecule has 2 aromatic rings. The second kappa shape index (κ2) is 7.74. The van der Waals surface area contributed by atoms with Crippen molar-refractivity contribution in [2.45, 2.75) is 6.92 Å². The zero-order valence-electron chi connectivity index (χ0n) is 12.7. The minimum atomic E-state index is -0.547. The van der Waals surface area contributed by atoms with Crippen LogP contribution in [0.15, 0.2) is 53.6 Å². The molecule has 2 aromatic carbocycles. The van der Waals surface area contributed by atoms with E-state index in [1.165, 1.54) is 6.21 Å². The van der Waals surface area contributed by atoms with Crippen molar-refractivity contribution in [1.82, 2.24) is 5.43 Å². The van der Waals surface area contributed by atoms with Crippen molar-refractivity contribution in [3.8, 4) is 5.75 Å². The van der Waals surface area contributed by atoms with Gasteiger partial charge in [-0.25, -0.2) is 5.43 Å². The second-order valence-electron chi connectivity index (χ2n) is 4.89. The Balaban J connectivity index is 1.94. The number of nitrogens with zero attached hydrogens (tertiary/aromatic N) is 1. The first-order valence-electron chi connectivity index (χ1n) is 6.96. The summed E-state index contributed by atoms with van der Waals surface area (Å²) in [4.78, 5) is 22.6. The van der Waals surface area contributed by atoms with Crippen LogP contribution in [0, 0.1) is 6.92 Å². The molecule has 6 heteroatoms. The molecular formula is C17H17N3O3. The summed E-state index contributed by atoms with van der Waals surface area (Å²) in [5.74, 6) is -0.338. The number of hydrogen-bond acceptors (Lipinski definition) is 4. The lowest BCUT2D eigenvalue weighted by Crippen LogP contribution is -2.20. The second-order valence-corrected chi connectivity index (χ2v) is 4.89. The van der Waals surface area contributed by atoms with Gasteiger partial charge >= 0.3 is 0 Å². The largest absolute Gasteiger partial charge is 0.484 e. The van der Waals surface area contributed by atoms with E-state index >= 15 is 0 Å². The summed E-state index contributed by atoms with van der Waals surface area (Å²) in [6.45, 7) is 1.76. The normalized spacial score (nSPS) is 10.5. The average Bonchev–Trinajstić information content (AvgIpc) is 2.54. The summed E-state index contributed by atoms with van der Waals surface area (Å²) in [6, 6.07) is 14.1. The number of nitrogens with one attached hydrogen (secondary N) is 1. The van der Waals surface area contributed by atoms with Gasteiger partial charge in [-0.15, -0.1) is 0 Å². The van der Waals surface area contributed by atoms with E-state index in [4.69, 9.17) is 10.5 Å². The summed E-state index contributed by atoms with van der Waals surface area (Å²) in [6.07, 6.45) is 1.49. The van der Waals surface area contributed by atoms with Gasteiger partial charge in [0.15, 0.2) is 6.61 Å². The molecule has 0 aromatic heterocycles. The lowest BCUT2D eigenvalue weighted by molar-refractivity contribution is -0.119. The monoisotopic (exact) mass is 311 g/mol. The first-order chi connectivity index (χ1) is 11.0.